The van der Waals surface area contributed by atoms with Gasteiger partial charge in [0.2, 0.25) is 0 Å². The van der Waals surface area contributed by atoms with Crippen molar-refractivity contribution in [2.24, 2.45) is 0 Å². The number of benzene rings is 1. The molecular weight excluding hydrogens is 262 g/mol. The molecule has 0 spiro atoms. The van der Waals surface area contributed by atoms with Crippen LogP contribution in [0.5, 0.6) is 0 Å². The second-order valence-corrected chi connectivity index (χ2v) is 6.63. The Morgan fingerprint density at radius 1 is 1.14 bits per heavy atom. The number of anilines is 1. The van der Waals surface area contributed by atoms with Crippen LogP contribution in [0.3, 0.4) is 0 Å². The molecule has 0 fully saturated rings. The van der Waals surface area contributed by atoms with E-state index in [4.69, 9.17) is 0 Å². The van der Waals surface area contributed by atoms with E-state index in [-0.39, 0.29) is 11.6 Å². The molecule has 0 saturated heterocycles. The van der Waals surface area contributed by atoms with Gasteiger partial charge in [-0.1, -0.05) is 26.0 Å². The van der Waals surface area contributed by atoms with E-state index in [1.54, 1.807) is 0 Å². The smallest absolute Gasteiger partial charge is 0.319 e. The lowest BCUT2D eigenvalue weighted by Gasteiger charge is -2.20. The quantitative estimate of drug-likeness (QED) is 0.865. The summed E-state index contributed by atoms with van der Waals surface area (Å²) >= 11 is 0. The van der Waals surface area contributed by atoms with Gasteiger partial charge in [-0.05, 0) is 44.9 Å². The molecule has 2 amide bonds. The fourth-order valence-electron chi connectivity index (χ4n) is 2.04. The maximum Gasteiger partial charge on any atom is 0.319 e. The van der Waals surface area contributed by atoms with E-state index in [1.807, 2.05) is 45.0 Å². The number of carbonyl (C=O) groups excluding carboxylic acids is 1. The van der Waals surface area contributed by atoms with Crippen molar-refractivity contribution in [3.8, 4) is 0 Å². The molecule has 4 heteroatoms. The van der Waals surface area contributed by atoms with Crippen molar-refractivity contribution in [3.63, 3.8) is 0 Å². The fraction of sp³-hybridized carbons (Fsp3) is 0.412. The van der Waals surface area contributed by atoms with Gasteiger partial charge >= 0.3 is 6.03 Å². The number of amides is 2. The lowest BCUT2D eigenvalue weighted by Crippen LogP contribution is -2.43. The maximum atomic E-state index is 11.9. The number of hydrogen-bond donors (Lipinski definition) is 2. The van der Waals surface area contributed by atoms with Gasteiger partial charge in [-0.15, -0.1) is 0 Å². The molecule has 1 heterocycles. The van der Waals surface area contributed by atoms with Crippen LogP contribution in [0.1, 0.15) is 46.2 Å². The molecular formula is C17H23N3O. The van der Waals surface area contributed by atoms with Gasteiger partial charge in [0.25, 0.3) is 0 Å². The van der Waals surface area contributed by atoms with Crippen LogP contribution >= 0.6 is 0 Å². The highest BCUT2D eigenvalue weighted by Crippen LogP contribution is 2.21. The van der Waals surface area contributed by atoms with E-state index >= 15 is 0 Å². The fourth-order valence-corrected chi connectivity index (χ4v) is 2.04. The summed E-state index contributed by atoms with van der Waals surface area (Å²) in [5.74, 6) is 0.384. The number of hydrogen-bond acceptors (Lipinski definition) is 2. The van der Waals surface area contributed by atoms with Crippen LogP contribution in [-0.2, 0) is 0 Å². The van der Waals surface area contributed by atoms with E-state index in [9.17, 15) is 4.79 Å². The van der Waals surface area contributed by atoms with Gasteiger partial charge < -0.3 is 10.6 Å². The molecule has 4 nitrogen and oxygen atoms in total. The second kappa shape index (κ2) is 5.72. The van der Waals surface area contributed by atoms with Crippen molar-refractivity contribution in [1.82, 2.24) is 10.3 Å². The van der Waals surface area contributed by atoms with Gasteiger partial charge in [0, 0.05) is 22.3 Å². The highest BCUT2D eigenvalue weighted by atomic mass is 16.2. The molecule has 1 aromatic heterocycles. The predicted octanol–water partition coefficient (Wildman–Crippen LogP) is 4.28. The third-order valence-electron chi connectivity index (χ3n) is 3.05. The van der Waals surface area contributed by atoms with Crippen molar-refractivity contribution in [2.45, 2.75) is 46.1 Å². The Labute approximate surface area is 126 Å². The molecule has 2 rings (SSSR count). The molecule has 0 bridgehead atoms. The first-order valence-corrected chi connectivity index (χ1v) is 7.24. The molecule has 2 aromatic rings. The average molecular weight is 285 g/mol. The summed E-state index contributed by atoms with van der Waals surface area (Å²) in [5.41, 5.74) is 2.44. The van der Waals surface area contributed by atoms with Crippen LogP contribution in [0, 0.1) is 0 Å². The molecule has 1 aromatic carbocycles. The number of urea groups is 1. The van der Waals surface area contributed by atoms with Crippen molar-refractivity contribution in [2.75, 3.05) is 5.32 Å². The number of carbonyl (C=O) groups is 1. The summed E-state index contributed by atoms with van der Waals surface area (Å²) < 4.78 is 0. The van der Waals surface area contributed by atoms with E-state index in [0.717, 1.165) is 22.3 Å². The summed E-state index contributed by atoms with van der Waals surface area (Å²) in [4.78, 5) is 16.5. The van der Waals surface area contributed by atoms with E-state index in [0.29, 0.717) is 5.92 Å². The normalized spacial score (nSPS) is 11.7. The minimum absolute atomic E-state index is 0.207. The maximum absolute atomic E-state index is 11.9. The third kappa shape index (κ3) is 4.18. The Bertz CT molecular complexity index is 657. The Balaban J connectivity index is 2.23. The van der Waals surface area contributed by atoms with Crippen molar-refractivity contribution in [3.05, 3.63) is 36.0 Å². The van der Waals surface area contributed by atoms with Crippen LogP contribution in [0.15, 0.2) is 30.3 Å². The molecule has 0 aliphatic carbocycles. The molecule has 2 N–H and O–H groups in total. The summed E-state index contributed by atoms with van der Waals surface area (Å²) in [6.45, 7) is 10.1. The predicted molar refractivity (Wildman–Crippen MR) is 87.7 cm³/mol. The van der Waals surface area contributed by atoms with Crippen molar-refractivity contribution in [1.29, 1.82) is 0 Å². The molecule has 0 aliphatic heterocycles. The average Bonchev–Trinajstić information content (AvgIpc) is 2.35. The summed E-state index contributed by atoms with van der Waals surface area (Å²) in [6, 6.07) is 9.68. The highest BCUT2D eigenvalue weighted by molar-refractivity contribution is 5.92. The van der Waals surface area contributed by atoms with Crippen LogP contribution in [0.4, 0.5) is 10.5 Å². The summed E-state index contributed by atoms with van der Waals surface area (Å²) in [6.07, 6.45) is 0. The molecule has 0 atom stereocenters. The zero-order valence-electron chi connectivity index (χ0n) is 13.3. The van der Waals surface area contributed by atoms with Crippen LogP contribution in [-0.4, -0.2) is 16.6 Å². The first-order valence-electron chi connectivity index (χ1n) is 7.24. The Hall–Kier alpha value is -2.10. The van der Waals surface area contributed by atoms with Crippen molar-refractivity contribution < 1.29 is 4.79 Å². The summed E-state index contributed by atoms with van der Waals surface area (Å²) in [5, 5.41) is 6.79. The Morgan fingerprint density at radius 3 is 2.43 bits per heavy atom. The molecule has 0 unspecified atom stereocenters. The standard InChI is InChI=1S/C17H23N3O/c1-11(2)14-9-7-12-6-8-13(10-15(12)19-14)18-16(21)20-17(3,4)5/h6-11H,1-5H3,(H2,18,20,21). The first kappa shape index (κ1) is 15.3. The molecule has 0 radical (unpaired) electrons. The highest BCUT2D eigenvalue weighted by Gasteiger charge is 2.13. The topological polar surface area (TPSA) is 54.0 Å². The lowest BCUT2D eigenvalue weighted by molar-refractivity contribution is 0.244. The second-order valence-electron chi connectivity index (χ2n) is 6.63. The Morgan fingerprint density at radius 2 is 1.81 bits per heavy atom. The van der Waals surface area contributed by atoms with Gasteiger partial charge in [0.15, 0.2) is 0 Å². The first-order chi connectivity index (χ1) is 9.74. The van der Waals surface area contributed by atoms with Crippen LogP contribution in [0.2, 0.25) is 0 Å². The SMILES string of the molecule is CC(C)c1ccc2ccc(NC(=O)NC(C)(C)C)cc2n1. The number of rotatable bonds is 2. The number of nitrogens with one attached hydrogen (secondary N) is 2. The Kier molecular flexibility index (Phi) is 4.16. The van der Waals surface area contributed by atoms with Gasteiger partial charge in [0.05, 0.1) is 5.52 Å². The molecule has 0 aliphatic rings. The largest absolute Gasteiger partial charge is 0.333 e. The zero-order valence-corrected chi connectivity index (χ0v) is 13.3. The van der Waals surface area contributed by atoms with E-state index < -0.39 is 0 Å². The van der Waals surface area contributed by atoms with Gasteiger partial charge in [-0.3, -0.25) is 4.98 Å². The summed E-state index contributed by atoms with van der Waals surface area (Å²) in [7, 11) is 0. The van der Waals surface area contributed by atoms with E-state index in [2.05, 4.69) is 35.5 Å². The number of aromatic nitrogens is 1. The van der Waals surface area contributed by atoms with Gasteiger partial charge in [-0.2, -0.15) is 0 Å². The monoisotopic (exact) mass is 285 g/mol. The zero-order chi connectivity index (χ0) is 15.6. The van der Waals surface area contributed by atoms with E-state index in [1.165, 1.54) is 0 Å². The van der Waals surface area contributed by atoms with Crippen LogP contribution in [0.25, 0.3) is 10.9 Å². The third-order valence-corrected chi connectivity index (χ3v) is 3.05. The number of pyridine rings is 1. The number of nitrogens with zero attached hydrogens (tertiary/aromatic N) is 1. The van der Waals surface area contributed by atoms with Crippen molar-refractivity contribution >= 4 is 22.6 Å². The minimum Gasteiger partial charge on any atom is -0.333 e. The lowest BCUT2D eigenvalue weighted by atomic mass is 10.1. The van der Waals surface area contributed by atoms with Crippen LogP contribution < -0.4 is 10.6 Å². The number of fused-ring (bicyclic) bond motifs is 1. The molecule has 0 saturated carbocycles. The molecule has 112 valence electrons. The minimum atomic E-state index is -0.260. The van der Waals surface area contributed by atoms with Gasteiger partial charge in [0.1, 0.15) is 0 Å². The molecule has 21 heavy (non-hydrogen) atoms. The van der Waals surface area contributed by atoms with Gasteiger partial charge in [-0.25, -0.2) is 4.79 Å².